The van der Waals surface area contributed by atoms with E-state index in [1.807, 2.05) is 6.07 Å². The van der Waals surface area contributed by atoms with Gasteiger partial charge in [-0.05, 0) is 31.4 Å². The monoisotopic (exact) mass is 418 g/mol. The number of amides is 1. The molecule has 0 aromatic carbocycles. The first-order chi connectivity index (χ1) is 13.3. The number of carboxylic acid groups (broad SMARTS) is 1. The molecular formula is C18H18N4O4S2. The first-order valence-electron chi connectivity index (χ1n) is 8.62. The number of carbonyl (C=O) groups is 2. The van der Waals surface area contributed by atoms with Crippen molar-refractivity contribution in [2.75, 3.05) is 24.5 Å². The Kier molecular flexibility index (Phi) is 5.58. The third kappa shape index (κ3) is 3.43. The van der Waals surface area contributed by atoms with Crippen molar-refractivity contribution in [3.05, 3.63) is 31.9 Å². The number of hydrogen-bond donors (Lipinski definition) is 1. The highest BCUT2D eigenvalue weighted by Gasteiger charge is 2.34. The van der Waals surface area contributed by atoms with Crippen LogP contribution in [0.5, 0.6) is 0 Å². The summed E-state index contributed by atoms with van der Waals surface area (Å²) in [6, 6.07) is 1.96. The van der Waals surface area contributed by atoms with Crippen LogP contribution in [0.4, 0.5) is 5.82 Å². The number of anilines is 1. The summed E-state index contributed by atoms with van der Waals surface area (Å²) < 4.78 is 1.62. The van der Waals surface area contributed by atoms with E-state index in [0.717, 1.165) is 42.6 Å². The second-order valence-electron chi connectivity index (χ2n) is 6.57. The minimum absolute atomic E-state index is 0.0257. The fourth-order valence-electron chi connectivity index (χ4n) is 3.43. The smallest absolute Gasteiger partial charge is 0.323 e. The quantitative estimate of drug-likeness (QED) is 0.578. The Balaban J connectivity index is 2.17. The number of aliphatic carboxylic acids is 1. The van der Waals surface area contributed by atoms with Gasteiger partial charge in [0.15, 0.2) is 0 Å². The molecule has 1 amide bonds. The molecule has 28 heavy (non-hydrogen) atoms. The Morgan fingerprint density at radius 3 is 2.57 bits per heavy atom. The Morgan fingerprint density at radius 2 is 2.00 bits per heavy atom. The van der Waals surface area contributed by atoms with E-state index < -0.39 is 18.4 Å². The minimum atomic E-state index is -1.15. The SMILES string of the molecule is Cc1c(/C=C2\SC(=S)N(CC(=O)O)C2=O)c(N2CCCC2)n(C)c(=O)c1C#N. The summed E-state index contributed by atoms with van der Waals surface area (Å²) in [6.45, 7) is 2.74. The van der Waals surface area contributed by atoms with E-state index in [0.29, 0.717) is 16.9 Å². The first kappa shape index (κ1) is 20.1. The second kappa shape index (κ2) is 7.77. The number of thioether (sulfide) groups is 1. The molecule has 1 aromatic heterocycles. The van der Waals surface area contributed by atoms with Crippen LogP contribution in [0.15, 0.2) is 9.70 Å². The topological polar surface area (TPSA) is 107 Å². The molecule has 2 aliphatic rings. The van der Waals surface area contributed by atoms with Crippen molar-refractivity contribution in [3.8, 4) is 6.07 Å². The van der Waals surface area contributed by atoms with Gasteiger partial charge in [0.25, 0.3) is 11.5 Å². The van der Waals surface area contributed by atoms with Gasteiger partial charge >= 0.3 is 5.97 Å². The first-order valence-corrected chi connectivity index (χ1v) is 9.84. The molecule has 8 nitrogen and oxygen atoms in total. The van der Waals surface area contributed by atoms with Crippen LogP contribution in [-0.2, 0) is 16.6 Å². The lowest BCUT2D eigenvalue weighted by atomic mass is 10.0. The highest BCUT2D eigenvalue weighted by Crippen LogP contribution is 2.36. The van der Waals surface area contributed by atoms with Gasteiger partial charge in [-0.1, -0.05) is 24.0 Å². The van der Waals surface area contributed by atoms with Crippen LogP contribution >= 0.6 is 24.0 Å². The van der Waals surface area contributed by atoms with Gasteiger partial charge in [-0.25, -0.2) is 0 Å². The Bertz CT molecular complexity index is 1020. The highest BCUT2D eigenvalue weighted by molar-refractivity contribution is 8.26. The van der Waals surface area contributed by atoms with Crippen molar-refractivity contribution >= 4 is 52.1 Å². The fraction of sp³-hybridized carbons (Fsp3) is 0.389. The molecular weight excluding hydrogens is 400 g/mol. The number of nitrogens with zero attached hydrogens (tertiary/aromatic N) is 4. The van der Waals surface area contributed by atoms with Crippen molar-refractivity contribution in [2.24, 2.45) is 7.05 Å². The molecule has 1 N–H and O–H groups in total. The summed E-state index contributed by atoms with van der Waals surface area (Å²) >= 11 is 6.16. The largest absolute Gasteiger partial charge is 0.480 e. The average Bonchev–Trinajstić information content (AvgIpc) is 3.25. The zero-order chi connectivity index (χ0) is 20.6. The van der Waals surface area contributed by atoms with Crippen LogP contribution in [0, 0.1) is 18.3 Å². The zero-order valence-corrected chi connectivity index (χ0v) is 17.0. The van der Waals surface area contributed by atoms with Gasteiger partial charge in [-0.15, -0.1) is 0 Å². The van der Waals surface area contributed by atoms with Crippen molar-refractivity contribution < 1.29 is 14.7 Å². The maximum absolute atomic E-state index is 12.6. The van der Waals surface area contributed by atoms with Crippen LogP contribution in [0.2, 0.25) is 0 Å². The number of pyridine rings is 1. The molecule has 1 aromatic rings. The standard InChI is InChI=1S/C18H18N4O4S2/c1-10-11(7-13-17(26)22(9-14(23)24)18(27)28-13)15(21-5-3-4-6-21)20(2)16(25)12(10)8-19/h7H,3-6,9H2,1-2H3,(H,23,24)/b13-7-. The summed E-state index contributed by atoms with van der Waals surface area (Å²) in [6.07, 6.45) is 3.60. The van der Waals surface area contributed by atoms with Crippen LogP contribution < -0.4 is 10.5 Å². The summed E-state index contributed by atoms with van der Waals surface area (Å²) in [5.74, 6) is -0.987. The van der Waals surface area contributed by atoms with E-state index in [1.54, 1.807) is 20.0 Å². The van der Waals surface area contributed by atoms with Crippen molar-refractivity contribution in [3.63, 3.8) is 0 Å². The van der Waals surface area contributed by atoms with Crippen LogP contribution in [-0.4, -0.2) is 50.4 Å². The predicted molar refractivity (Wildman–Crippen MR) is 110 cm³/mol. The van der Waals surface area contributed by atoms with Crippen molar-refractivity contribution in [2.45, 2.75) is 19.8 Å². The lowest BCUT2D eigenvalue weighted by molar-refractivity contribution is -0.140. The molecule has 0 bridgehead atoms. The maximum Gasteiger partial charge on any atom is 0.323 e. The van der Waals surface area contributed by atoms with Gasteiger partial charge < -0.3 is 10.0 Å². The second-order valence-corrected chi connectivity index (χ2v) is 8.24. The molecule has 0 spiro atoms. The fourth-order valence-corrected chi connectivity index (χ4v) is 4.66. The summed E-state index contributed by atoms with van der Waals surface area (Å²) in [5, 5.41) is 18.4. The van der Waals surface area contributed by atoms with Gasteiger partial charge in [0.1, 0.15) is 28.3 Å². The third-order valence-electron chi connectivity index (χ3n) is 4.82. The molecule has 0 radical (unpaired) electrons. The molecule has 10 heteroatoms. The van der Waals surface area contributed by atoms with Crippen molar-refractivity contribution in [1.82, 2.24) is 9.47 Å². The van der Waals surface area contributed by atoms with Gasteiger partial charge in [-0.2, -0.15) is 5.26 Å². The predicted octanol–water partition coefficient (Wildman–Crippen LogP) is 1.45. The molecule has 2 aliphatic heterocycles. The summed E-state index contributed by atoms with van der Waals surface area (Å²) in [5.41, 5.74) is 0.752. The number of nitriles is 1. The van der Waals surface area contributed by atoms with Crippen LogP contribution in [0.3, 0.4) is 0 Å². The molecule has 146 valence electrons. The Hall–Kier alpha value is -2.64. The molecule has 0 aliphatic carbocycles. The average molecular weight is 419 g/mol. The van der Waals surface area contributed by atoms with Gasteiger partial charge in [0.2, 0.25) is 0 Å². The van der Waals surface area contributed by atoms with Gasteiger partial charge in [-0.3, -0.25) is 23.9 Å². The lowest BCUT2D eigenvalue weighted by Crippen LogP contribution is -2.33. The van der Waals surface area contributed by atoms with E-state index in [1.165, 1.54) is 4.57 Å². The summed E-state index contributed by atoms with van der Waals surface area (Å²) in [7, 11) is 1.61. The van der Waals surface area contributed by atoms with E-state index in [-0.39, 0.29) is 20.3 Å². The van der Waals surface area contributed by atoms with Gasteiger partial charge in [0.05, 0.1) is 4.91 Å². The number of rotatable bonds is 4. The molecule has 3 rings (SSSR count). The van der Waals surface area contributed by atoms with Crippen LogP contribution in [0.1, 0.15) is 29.5 Å². The highest BCUT2D eigenvalue weighted by atomic mass is 32.2. The minimum Gasteiger partial charge on any atom is -0.480 e. The number of hydrogen-bond acceptors (Lipinski definition) is 7. The number of carboxylic acids is 1. The summed E-state index contributed by atoms with van der Waals surface area (Å²) in [4.78, 5) is 39.6. The van der Waals surface area contributed by atoms with Gasteiger partial charge in [0, 0.05) is 25.7 Å². The zero-order valence-electron chi connectivity index (χ0n) is 15.4. The van der Waals surface area contributed by atoms with E-state index in [9.17, 15) is 19.6 Å². The normalized spacial score (nSPS) is 18.2. The van der Waals surface area contributed by atoms with E-state index in [4.69, 9.17) is 17.3 Å². The van der Waals surface area contributed by atoms with Crippen LogP contribution in [0.25, 0.3) is 6.08 Å². The molecule has 0 saturated carbocycles. The van der Waals surface area contributed by atoms with E-state index in [2.05, 4.69) is 4.90 Å². The van der Waals surface area contributed by atoms with Crippen molar-refractivity contribution in [1.29, 1.82) is 5.26 Å². The number of carbonyl (C=O) groups excluding carboxylic acids is 1. The van der Waals surface area contributed by atoms with E-state index >= 15 is 0 Å². The Labute approximate surface area is 171 Å². The molecule has 0 atom stereocenters. The number of thiocarbonyl (C=S) groups is 1. The lowest BCUT2D eigenvalue weighted by Gasteiger charge is -2.25. The molecule has 2 fully saturated rings. The molecule has 2 saturated heterocycles. The molecule has 0 unspecified atom stereocenters. The maximum atomic E-state index is 12.6. The third-order valence-corrected chi connectivity index (χ3v) is 6.19. The Morgan fingerprint density at radius 1 is 1.36 bits per heavy atom. The number of aromatic nitrogens is 1. The molecule has 3 heterocycles.